The fourth-order valence-corrected chi connectivity index (χ4v) is 3.61. The van der Waals surface area contributed by atoms with E-state index in [2.05, 4.69) is 32.8 Å². The van der Waals surface area contributed by atoms with Crippen LogP contribution in [0, 0.1) is 0 Å². The number of piperazine rings is 1. The average molecular weight is 320 g/mol. The maximum atomic E-state index is 11.3. The molecule has 7 heteroatoms. The number of rotatable bonds is 4. The highest BCUT2D eigenvalue weighted by Gasteiger charge is 2.22. The minimum Gasteiger partial charge on any atom is -0.468 e. The van der Waals surface area contributed by atoms with Crippen LogP contribution in [0.15, 0.2) is 12.4 Å². The molecule has 118 valence electrons. The molecule has 2 aromatic heterocycles. The van der Waals surface area contributed by atoms with Gasteiger partial charge in [0.15, 0.2) is 0 Å². The predicted octanol–water partition coefficient (Wildman–Crippen LogP) is 1.55. The standard InChI is InChI=1S/C15H20N4O2S/c1-3-11-8-12-14(16-10-17-15(12)22-11)19-6-4-18(5-7-19)9-13(20)21-2/h8,10H,3-7,9H2,1-2H3. The number of carbonyl (C=O) groups excluding carboxylic acids is 1. The van der Waals surface area contributed by atoms with E-state index in [0.29, 0.717) is 6.54 Å². The van der Waals surface area contributed by atoms with Crippen molar-refractivity contribution >= 4 is 33.3 Å². The molecule has 0 unspecified atom stereocenters. The van der Waals surface area contributed by atoms with Crippen molar-refractivity contribution in [3.8, 4) is 0 Å². The first kappa shape index (κ1) is 15.2. The van der Waals surface area contributed by atoms with Crippen molar-refractivity contribution in [3.63, 3.8) is 0 Å². The minimum atomic E-state index is -0.178. The van der Waals surface area contributed by atoms with Gasteiger partial charge >= 0.3 is 5.97 Å². The highest BCUT2D eigenvalue weighted by Crippen LogP contribution is 2.30. The summed E-state index contributed by atoms with van der Waals surface area (Å²) in [7, 11) is 1.43. The van der Waals surface area contributed by atoms with Crippen LogP contribution in [-0.2, 0) is 16.0 Å². The smallest absolute Gasteiger partial charge is 0.319 e. The highest BCUT2D eigenvalue weighted by atomic mass is 32.1. The fraction of sp³-hybridized carbons (Fsp3) is 0.533. The molecule has 0 spiro atoms. The Morgan fingerprint density at radius 3 is 2.77 bits per heavy atom. The second-order valence-corrected chi connectivity index (χ2v) is 6.44. The quantitative estimate of drug-likeness (QED) is 0.797. The van der Waals surface area contributed by atoms with Crippen molar-refractivity contribution in [3.05, 3.63) is 17.3 Å². The third kappa shape index (κ3) is 3.05. The van der Waals surface area contributed by atoms with Crippen LogP contribution in [0.25, 0.3) is 10.2 Å². The number of aryl methyl sites for hydroxylation is 1. The van der Waals surface area contributed by atoms with E-state index in [1.807, 2.05) is 0 Å². The number of anilines is 1. The Hall–Kier alpha value is -1.73. The monoisotopic (exact) mass is 320 g/mol. The van der Waals surface area contributed by atoms with E-state index in [0.717, 1.165) is 48.6 Å². The van der Waals surface area contributed by atoms with E-state index in [4.69, 9.17) is 4.74 Å². The highest BCUT2D eigenvalue weighted by molar-refractivity contribution is 7.18. The number of thiophene rings is 1. The predicted molar refractivity (Wildman–Crippen MR) is 87.5 cm³/mol. The van der Waals surface area contributed by atoms with Crippen LogP contribution in [0.3, 0.4) is 0 Å². The number of carbonyl (C=O) groups is 1. The summed E-state index contributed by atoms with van der Waals surface area (Å²) < 4.78 is 4.72. The van der Waals surface area contributed by atoms with Gasteiger partial charge in [-0.05, 0) is 12.5 Å². The SMILES string of the molecule is CCc1cc2c(N3CCN(CC(=O)OC)CC3)ncnc2s1. The number of hydrogen-bond donors (Lipinski definition) is 0. The molecule has 0 N–H and O–H groups in total. The number of fused-ring (bicyclic) bond motifs is 1. The summed E-state index contributed by atoms with van der Waals surface area (Å²) in [6, 6.07) is 2.20. The zero-order valence-electron chi connectivity index (χ0n) is 12.9. The molecule has 0 atom stereocenters. The maximum absolute atomic E-state index is 11.3. The molecule has 6 nitrogen and oxygen atoms in total. The summed E-state index contributed by atoms with van der Waals surface area (Å²) in [5.74, 6) is 0.835. The van der Waals surface area contributed by atoms with Crippen LogP contribution in [0.4, 0.5) is 5.82 Å². The van der Waals surface area contributed by atoms with E-state index < -0.39 is 0 Å². The topological polar surface area (TPSA) is 58.6 Å². The van der Waals surface area contributed by atoms with Gasteiger partial charge in [0.2, 0.25) is 0 Å². The van der Waals surface area contributed by atoms with E-state index >= 15 is 0 Å². The summed E-state index contributed by atoms with van der Waals surface area (Å²) in [6.45, 7) is 5.92. The zero-order chi connectivity index (χ0) is 15.5. The Kier molecular flexibility index (Phi) is 4.54. The minimum absolute atomic E-state index is 0.178. The van der Waals surface area contributed by atoms with Gasteiger partial charge in [-0.15, -0.1) is 11.3 Å². The van der Waals surface area contributed by atoms with E-state index in [1.54, 1.807) is 17.7 Å². The van der Waals surface area contributed by atoms with Gasteiger partial charge in [-0.1, -0.05) is 6.92 Å². The Balaban J connectivity index is 1.73. The summed E-state index contributed by atoms with van der Waals surface area (Å²) in [6.07, 6.45) is 2.67. The lowest BCUT2D eigenvalue weighted by molar-refractivity contribution is -0.142. The van der Waals surface area contributed by atoms with Gasteiger partial charge in [0, 0.05) is 31.1 Å². The molecule has 0 bridgehead atoms. The summed E-state index contributed by atoms with van der Waals surface area (Å²) >= 11 is 1.74. The van der Waals surface area contributed by atoms with Crippen LogP contribution in [0.5, 0.6) is 0 Å². The average Bonchev–Trinajstić information content (AvgIpc) is 2.98. The molecular formula is C15H20N4O2S. The molecule has 1 aliphatic heterocycles. The first-order valence-electron chi connectivity index (χ1n) is 7.48. The molecule has 3 rings (SSSR count). The van der Waals surface area contributed by atoms with Crippen molar-refractivity contribution in [2.24, 2.45) is 0 Å². The normalized spacial score (nSPS) is 16.2. The van der Waals surface area contributed by atoms with Crippen LogP contribution >= 0.6 is 11.3 Å². The molecule has 1 saturated heterocycles. The summed E-state index contributed by atoms with van der Waals surface area (Å²) in [5.41, 5.74) is 0. The van der Waals surface area contributed by atoms with Gasteiger partial charge in [0.25, 0.3) is 0 Å². The molecule has 22 heavy (non-hydrogen) atoms. The Bertz CT molecular complexity index is 665. The van der Waals surface area contributed by atoms with Crippen LogP contribution in [-0.4, -0.2) is 60.7 Å². The van der Waals surface area contributed by atoms with E-state index in [9.17, 15) is 4.79 Å². The number of hydrogen-bond acceptors (Lipinski definition) is 7. The third-order valence-corrected chi connectivity index (χ3v) is 5.15. The number of esters is 1. The van der Waals surface area contributed by atoms with Crippen molar-refractivity contribution in [2.45, 2.75) is 13.3 Å². The lowest BCUT2D eigenvalue weighted by Crippen LogP contribution is -2.48. The Morgan fingerprint density at radius 2 is 2.09 bits per heavy atom. The van der Waals surface area contributed by atoms with Crippen molar-refractivity contribution in [1.29, 1.82) is 0 Å². The Labute approximate surface area is 133 Å². The largest absolute Gasteiger partial charge is 0.468 e. The molecule has 0 radical (unpaired) electrons. The molecule has 0 saturated carbocycles. The number of methoxy groups -OCH3 is 1. The summed E-state index contributed by atoms with van der Waals surface area (Å²) in [4.78, 5) is 27.0. The molecule has 0 amide bonds. The van der Waals surface area contributed by atoms with Crippen LogP contribution in [0.2, 0.25) is 0 Å². The van der Waals surface area contributed by atoms with Crippen molar-refractivity contribution < 1.29 is 9.53 Å². The molecule has 2 aromatic rings. The molecule has 1 aliphatic rings. The first-order chi connectivity index (χ1) is 10.7. The summed E-state index contributed by atoms with van der Waals surface area (Å²) in [5, 5.41) is 1.14. The lowest BCUT2D eigenvalue weighted by Gasteiger charge is -2.34. The maximum Gasteiger partial charge on any atom is 0.319 e. The number of ether oxygens (including phenoxy) is 1. The fourth-order valence-electron chi connectivity index (χ4n) is 2.68. The molecule has 0 aromatic carbocycles. The second kappa shape index (κ2) is 6.58. The molecule has 0 aliphatic carbocycles. The van der Waals surface area contributed by atoms with Crippen LogP contribution < -0.4 is 4.90 Å². The van der Waals surface area contributed by atoms with Gasteiger partial charge in [0.05, 0.1) is 19.0 Å². The van der Waals surface area contributed by atoms with Gasteiger partial charge < -0.3 is 9.64 Å². The van der Waals surface area contributed by atoms with Crippen molar-refractivity contribution in [2.75, 3.05) is 44.7 Å². The van der Waals surface area contributed by atoms with Gasteiger partial charge in [0.1, 0.15) is 17.0 Å². The number of aromatic nitrogens is 2. The second-order valence-electron chi connectivity index (χ2n) is 5.32. The van der Waals surface area contributed by atoms with Gasteiger partial charge in [-0.3, -0.25) is 9.69 Å². The third-order valence-electron chi connectivity index (χ3n) is 3.96. The molecule has 3 heterocycles. The van der Waals surface area contributed by atoms with Gasteiger partial charge in [-0.25, -0.2) is 9.97 Å². The first-order valence-corrected chi connectivity index (χ1v) is 8.30. The molecular weight excluding hydrogens is 300 g/mol. The lowest BCUT2D eigenvalue weighted by atomic mass is 10.2. The van der Waals surface area contributed by atoms with Crippen LogP contribution in [0.1, 0.15) is 11.8 Å². The number of nitrogens with zero attached hydrogens (tertiary/aromatic N) is 4. The van der Waals surface area contributed by atoms with E-state index in [-0.39, 0.29) is 5.97 Å². The van der Waals surface area contributed by atoms with Crippen molar-refractivity contribution in [1.82, 2.24) is 14.9 Å². The Morgan fingerprint density at radius 1 is 1.32 bits per heavy atom. The zero-order valence-corrected chi connectivity index (χ0v) is 13.7. The van der Waals surface area contributed by atoms with Gasteiger partial charge in [-0.2, -0.15) is 0 Å². The van der Waals surface area contributed by atoms with E-state index in [1.165, 1.54) is 12.0 Å². The molecule has 1 fully saturated rings.